The van der Waals surface area contributed by atoms with Gasteiger partial charge in [0, 0.05) is 0 Å². The molecule has 2 N–H and O–H groups in total. The molecule has 2 aromatic rings. The number of amides is 1. The Hall–Kier alpha value is -2.14. The van der Waals surface area contributed by atoms with Crippen LogP contribution in [0.4, 0.5) is 5.88 Å². The summed E-state index contributed by atoms with van der Waals surface area (Å²) in [6.45, 7) is -0.588. The van der Waals surface area contributed by atoms with E-state index in [9.17, 15) is 4.79 Å². The van der Waals surface area contributed by atoms with Gasteiger partial charge in [0.25, 0.3) is 5.91 Å². The minimum atomic E-state index is -0.588. The normalized spacial score (nSPS) is 10.1. The number of aromatic nitrogens is 1. The van der Waals surface area contributed by atoms with E-state index in [2.05, 4.69) is 10.5 Å². The molecule has 0 unspecified atom stereocenters. The molecular formula is C11H10N2O3. The third kappa shape index (κ3) is 2.09. The van der Waals surface area contributed by atoms with E-state index in [1.807, 2.05) is 30.3 Å². The predicted octanol–water partition coefficient (Wildman–Crippen LogP) is 1.27. The zero-order chi connectivity index (χ0) is 11.4. The SMILES string of the molecule is O=C(CO)Nc1oncc1-c1ccccc1. The number of benzene rings is 1. The van der Waals surface area contributed by atoms with Gasteiger partial charge in [-0.25, -0.2) is 0 Å². The van der Waals surface area contributed by atoms with Crippen molar-refractivity contribution >= 4 is 11.8 Å². The number of carbonyl (C=O) groups excluding carboxylic acids is 1. The van der Waals surface area contributed by atoms with Crippen molar-refractivity contribution < 1.29 is 14.4 Å². The monoisotopic (exact) mass is 218 g/mol. The average molecular weight is 218 g/mol. The summed E-state index contributed by atoms with van der Waals surface area (Å²) in [5.74, 6) is -0.292. The number of nitrogens with one attached hydrogen (secondary N) is 1. The number of aliphatic hydroxyl groups excluding tert-OH is 1. The minimum absolute atomic E-state index is 0.241. The number of hydrogen-bond acceptors (Lipinski definition) is 4. The largest absolute Gasteiger partial charge is 0.387 e. The van der Waals surface area contributed by atoms with E-state index in [1.54, 1.807) is 0 Å². The predicted molar refractivity (Wildman–Crippen MR) is 57.7 cm³/mol. The summed E-state index contributed by atoms with van der Waals surface area (Å²) in [6.07, 6.45) is 1.52. The number of aliphatic hydroxyl groups is 1. The Morgan fingerprint density at radius 2 is 2.12 bits per heavy atom. The lowest BCUT2D eigenvalue weighted by Gasteiger charge is -2.01. The van der Waals surface area contributed by atoms with Gasteiger partial charge in [-0.2, -0.15) is 0 Å². The van der Waals surface area contributed by atoms with Gasteiger partial charge in [0.1, 0.15) is 6.61 Å². The minimum Gasteiger partial charge on any atom is -0.387 e. The van der Waals surface area contributed by atoms with Gasteiger partial charge in [-0.05, 0) is 5.56 Å². The van der Waals surface area contributed by atoms with Gasteiger partial charge in [0.05, 0.1) is 11.8 Å². The Bertz CT molecular complexity index is 479. The fourth-order valence-electron chi connectivity index (χ4n) is 1.32. The van der Waals surface area contributed by atoms with Crippen LogP contribution >= 0.6 is 0 Å². The molecule has 0 fully saturated rings. The Morgan fingerprint density at radius 1 is 1.38 bits per heavy atom. The van der Waals surface area contributed by atoms with E-state index in [0.29, 0.717) is 5.56 Å². The van der Waals surface area contributed by atoms with E-state index < -0.39 is 12.5 Å². The molecule has 0 aliphatic heterocycles. The second-order valence-electron chi connectivity index (χ2n) is 3.14. The smallest absolute Gasteiger partial charge is 0.252 e. The summed E-state index contributed by atoms with van der Waals surface area (Å²) >= 11 is 0. The summed E-state index contributed by atoms with van der Waals surface area (Å²) in [7, 11) is 0. The molecular weight excluding hydrogens is 208 g/mol. The first kappa shape index (κ1) is 10.4. The molecule has 1 aromatic heterocycles. The van der Waals surface area contributed by atoms with Gasteiger partial charge in [0.2, 0.25) is 5.88 Å². The maximum absolute atomic E-state index is 11.0. The lowest BCUT2D eigenvalue weighted by atomic mass is 10.1. The van der Waals surface area contributed by atoms with Crippen LogP contribution in [0.15, 0.2) is 41.1 Å². The number of hydrogen-bond donors (Lipinski definition) is 2. The Morgan fingerprint density at radius 3 is 2.81 bits per heavy atom. The lowest BCUT2D eigenvalue weighted by molar-refractivity contribution is -0.118. The van der Waals surface area contributed by atoms with Crippen LogP contribution < -0.4 is 5.32 Å². The highest BCUT2D eigenvalue weighted by atomic mass is 16.5. The van der Waals surface area contributed by atoms with Crippen LogP contribution in [0.1, 0.15) is 0 Å². The maximum Gasteiger partial charge on any atom is 0.252 e. The molecule has 1 heterocycles. The van der Waals surface area contributed by atoms with Crippen molar-refractivity contribution in [3.8, 4) is 11.1 Å². The quantitative estimate of drug-likeness (QED) is 0.813. The summed E-state index contributed by atoms with van der Waals surface area (Å²) in [4.78, 5) is 11.0. The van der Waals surface area contributed by atoms with E-state index in [0.717, 1.165) is 5.56 Å². The standard InChI is InChI=1S/C11H10N2O3/c14-7-10(15)13-11-9(6-12-16-11)8-4-2-1-3-5-8/h1-6,14H,7H2,(H,13,15). The summed E-state index contributed by atoms with van der Waals surface area (Å²) in [5.41, 5.74) is 1.57. The number of rotatable bonds is 3. The molecule has 1 aromatic carbocycles. The summed E-state index contributed by atoms with van der Waals surface area (Å²) in [5, 5.41) is 14.7. The van der Waals surface area contributed by atoms with Crippen LogP contribution in [0.25, 0.3) is 11.1 Å². The fourth-order valence-corrected chi connectivity index (χ4v) is 1.32. The van der Waals surface area contributed by atoms with Crippen LogP contribution in [-0.2, 0) is 4.79 Å². The Labute approximate surface area is 91.7 Å². The molecule has 0 atom stereocenters. The molecule has 1 amide bonds. The molecule has 82 valence electrons. The van der Waals surface area contributed by atoms with Gasteiger partial charge < -0.3 is 9.63 Å². The zero-order valence-corrected chi connectivity index (χ0v) is 8.38. The molecule has 0 bridgehead atoms. The van der Waals surface area contributed by atoms with Gasteiger partial charge in [0.15, 0.2) is 0 Å². The molecule has 0 radical (unpaired) electrons. The Kier molecular flexibility index (Phi) is 2.98. The van der Waals surface area contributed by atoms with Crippen molar-refractivity contribution in [1.82, 2.24) is 5.16 Å². The van der Waals surface area contributed by atoms with Crippen molar-refractivity contribution in [2.24, 2.45) is 0 Å². The average Bonchev–Trinajstić information content (AvgIpc) is 2.78. The van der Waals surface area contributed by atoms with E-state index in [-0.39, 0.29) is 5.88 Å². The third-order valence-electron chi connectivity index (χ3n) is 2.05. The fraction of sp³-hybridized carbons (Fsp3) is 0.0909. The molecule has 0 spiro atoms. The van der Waals surface area contributed by atoms with Gasteiger partial charge in [-0.15, -0.1) is 0 Å². The second kappa shape index (κ2) is 4.59. The molecule has 0 aliphatic carbocycles. The van der Waals surface area contributed by atoms with Gasteiger partial charge in [-0.1, -0.05) is 35.5 Å². The number of nitrogens with zero attached hydrogens (tertiary/aromatic N) is 1. The third-order valence-corrected chi connectivity index (χ3v) is 2.05. The topological polar surface area (TPSA) is 75.4 Å². The molecule has 5 nitrogen and oxygen atoms in total. The van der Waals surface area contributed by atoms with E-state index in [4.69, 9.17) is 9.63 Å². The van der Waals surface area contributed by atoms with Crippen LogP contribution in [0.5, 0.6) is 0 Å². The van der Waals surface area contributed by atoms with Crippen LogP contribution in [-0.4, -0.2) is 22.8 Å². The highest BCUT2D eigenvalue weighted by Crippen LogP contribution is 2.27. The van der Waals surface area contributed by atoms with Gasteiger partial charge in [-0.3, -0.25) is 10.1 Å². The maximum atomic E-state index is 11.0. The summed E-state index contributed by atoms with van der Waals surface area (Å²) < 4.78 is 4.90. The highest BCUT2D eigenvalue weighted by Gasteiger charge is 2.12. The molecule has 5 heteroatoms. The molecule has 0 aliphatic rings. The van der Waals surface area contributed by atoms with Crippen molar-refractivity contribution in [3.63, 3.8) is 0 Å². The highest BCUT2D eigenvalue weighted by molar-refractivity contribution is 5.93. The molecule has 16 heavy (non-hydrogen) atoms. The second-order valence-corrected chi connectivity index (χ2v) is 3.14. The van der Waals surface area contributed by atoms with Crippen LogP contribution in [0, 0.1) is 0 Å². The van der Waals surface area contributed by atoms with Crippen molar-refractivity contribution in [3.05, 3.63) is 36.5 Å². The summed E-state index contributed by atoms with van der Waals surface area (Å²) in [6, 6.07) is 9.39. The zero-order valence-electron chi connectivity index (χ0n) is 8.38. The number of anilines is 1. The van der Waals surface area contributed by atoms with Crippen molar-refractivity contribution in [1.29, 1.82) is 0 Å². The first-order chi connectivity index (χ1) is 7.81. The molecule has 0 saturated heterocycles. The number of carbonyl (C=O) groups is 1. The first-order valence-corrected chi connectivity index (χ1v) is 4.72. The van der Waals surface area contributed by atoms with E-state index in [1.165, 1.54) is 6.20 Å². The molecule has 0 saturated carbocycles. The van der Waals surface area contributed by atoms with Crippen molar-refractivity contribution in [2.75, 3.05) is 11.9 Å². The Balaban J connectivity index is 2.29. The molecule has 2 rings (SSSR count). The van der Waals surface area contributed by atoms with Crippen LogP contribution in [0.3, 0.4) is 0 Å². The first-order valence-electron chi connectivity index (χ1n) is 4.72. The van der Waals surface area contributed by atoms with Gasteiger partial charge >= 0.3 is 0 Å². The van der Waals surface area contributed by atoms with E-state index >= 15 is 0 Å². The van der Waals surface area contributed by atoms with Crippen molar-refractivity contribution in [2.45, 2.75) is 0 Å². The lowest BCUT2D eigenvalue weighted by Crippen LogP contribution is -2.15. The van der Waals surface area contributed by atoms with Crippen LogP contribution in [0.2, 0.25) is 0 Å².